The molecule has 0 atom stereocenters. The molecule has 0 aliphatic carbocycles. The molecular weight excluding hydrogens is 416 g/mol. The van der Waals surface area contributed by atoms with Crippen LogP contribution in [0, 0.1) is 0 Å². The third kappa shape index (κ3) is 6.20. The van der Waals surface area contributed by atoms with Gasteiger partial charge in [-0.05, 0) is 24.3 Å². The molecule has 2 aromatic carbocycles. The van der Waals surface area contributed by atoms with Gasteiger partial charge in [0.1, 0.15) is 11.5 Å². The zero-order valence-electron chi connectivity index (χ0n) is 20.0. The van der Waals surface area contributed by atoms with Crippen molar-refractivity contribution in [3.05, 3.63) is 59.9 Å². The van der Waals surface area contributed by atoms with Gasteiger partial charge in [-0.3, -0.25) is 4.68 Å². The quantitative estimate of drug-likeness (QED) is 0.405. The topological polar surface area (TPSA) is 104 Å². The SMILES string of the molecule is COc1cc(OC)cc(N(CCNC(C)C)c2ccc(N)c(/C=C(\N)c3cnn(C)c3)c2)c1. The Balaban J connectivity index is 2.02. The number of benzene rings is 2. The highest BCUT2D eigenvalue weighted by Crippen LogP contribution is 2.34. The normalized spacial score (nSPS) is 11.6. The van der Waals surface area contributed by atoms with Gasteiger partial charge in [-0.2, -0.15) is 5.10 Å². The number of hydrogen-bond donors (Lipinski definition) is 3. The minimum absolute atomic E-state index is 0.385. The molecule has 0 spiro atoms. The van der Waals surface area contributed by atoms with E-state index >= 15 is 0 Å². The smallest absolute Gasteiger partial charge is 0.124 e. The molecule has 33 heavy (non-hydrogen) atoms. The Morgan fingerprint density at radius 3 is 2.39 bits per heavy atom. The predicted molar refractivity (Wildman–Crippen MR) is 136 cm³/mol. The molecule has 0 aliphatic rings. The molecule has 0 amide bonds. The second-order valence-electron chi connectivity index (χ2n) is 8.15. The Hall–Kier alpha value is -3.65. The van der Waals surface area contributed by atoms with E-state index in [0.717, 1.165) is 47.1 Å². The number of ether oxygens (including phenoxy) is 2. The standard InChI is InChI=1S/C25H34N6O2/c1-17(2)28-8-9-31(21-12-22(32-4)14-23(13-21)33-5)20-6-7-24(26)18(10-20)11-25(27)19-15-29-30(3)16-19/h6-7,10-17,28H,8-9,26-27H2,1-5H3/b25-11-. The van der Waals surface area contributed by atoms with Gasteiger partial charge in [-0.15, -0.1) is 0 Å². The van der Waals surface area contributed by atoms with Crippen molar-refractivity contribution in [1.29, 1.82) is 0 Å². The monoisotopic (exact) mass is 450 g/mol. The lowest BCUT2D eigenvalue weighted by molar-refractivity contribution is 0.394. The first kappa shape index (κ1) is 24.0. The van der Waals surface area contributed by atoms with Crippen LogP contribution < -0.4 is 31.2 Å². The van der Waals surface area contributed by atoms with Crippen molar-refractivity contribution in [2.24, 2.45) is 12.8 Å². The van der Waals surface area contributed by atoms with Gasteiger partial charge in [0.05, 0.1) is 20.4 Å². The Morgan fingerprint density at radius 2 is 1.82 bits per heavy atom. The van der Waals surface area contributed by atoms with Crippen LogP contribution in [-0.4, -0.2) is 43.1 Å². The fourth-order valence-corrected chi connectivity index (χ4v) is 3.50. The molecule has 0 aliphatic heterocycles. The molecule has 1 aromatic heterocycles. The molecular formula is C25H34N6O2. The van der Waals surface area contributed by atoms with Crippen LogP contribution >= 0.6 is 0 Å². The van der Waals surface area contributed by atoms with Crippen LogP contribution in [-0.2, 0) is 7.05 Å². The van der Waals surface area contributed by atoms with E-state index in [-0.39, 0.29) is 0 Å². The third-order valence-electron chi connectivity index (χ3n) is 5.27. The van der Waals surface area contributed by atoms with Crippen LogP contribution in [0.1, 0.15) is 25.0 Å². The lowest BCUT2D eigenvalue weighted by Crippen LogP contribution is -2.32. The van der Waals surface area contributed by atoms with E-state index in [9.17, 15) is 0 Å². The van der Waals surface area contributed by atoms with Gasteiger partial charge in [-0.25, -0.2) is 0 Å². The van der Waals surface area contributed by atoms with Crippen molar-refractivity contribution in [3.63, 3.8) is 0 Å². The first-order valence-electron chi connectivity index (χ1n) is 10.9. The molecule has 0 bridgehead atoms. The van der Waals surface area contributed by atoms with Crippen molar-refractivity contribution < 1.29 is 9.47 Å². The van der Waals surface area contributed by atoms with E-state index in [1.165, 1.54) is 0 Å². The maximum absolute atomic E-state index is 6.33. The number of anilines is 3. The number of nitrogens with zero attached hydrogens (tertiary/aromatic N) is 3. The van der Waals surface area contributed by atoms with Crippen LogP contribution in [0.4, 0.5) is 17.1 Å². The van der Waals surface area contributed by atoms with E-state index < -0.39 is 0 Å². The highest BCUT2D eigenvalue weighted by atomic mass is 16.5. The summed E-state index contributed by atoms with van der Waals surface area (Å²) in [5, 5.41) is 7.68. The maximum atomic E-state index is 6.33. The fraction of sp³-hybridized carbons (Fsp3) is 0.320. The minimum atomic E-state index is 0.385. The summed E-state index contributed by atoms with van der Waals surface area (Å²) in [7, 11) is 5.16. The fourth-order valence-electron chi connectivity index (χ4n) is 3.50. The van der Waals surface area contributed by atoms with Gasteiger partial charge in [0.15, 0.2) is 0 Å². The Kier molecular flexibility index (Phi) is 7.84. The van der Waals surface area contributed by atoms with Crippen molar-refractivity contribution in [2.75, 3.05) is 37.9 Å². The van der Waals surface area contributed by atoms with Gasteiger partial charge in [-0.1, -0.05) is 13.8 Å². The molecule has 0 fully saturated rings. The first-order valence-corrected chi connectivity index (χ1v) is 10.9. The summed E-state index contributed by atoms with van der Waals surface area (Å²) in [5.41, 5.74) is 17.5. The predicted octanol–water partition coefficient (Wildman–Crippen LogP) is 3.61. The number of aromatic nitrogens is 2. The number of rotatable bonds is 10. The number of hydrogen-bond acceptors (Lipinski definition) is 7. The van der Waals surface area contributed by atoms with Gasteiger partial charge in [0.2, 0.25) is 0 Å². The molecule has 8 nitrogen and oxygen atoms in total. The van der Waals surface area contributed by atoms with Crippen LogP contribution in [0.25, 0.3) is 11.8 Å². The lowest BCUT2D eigenvalue weighted by Gasteiger charge is -2.27. The van der Waals surface area contributed by atoms with Gasteiger partial charge >= 0.3 is 0 Å². The number of nitrogens with two attached hydrogens (primary N) is 2. The zero-order chi connectivity index (χ0) is 24.0. The Morgan fingerprint density at radius 1 is 1.12 bits per heavy atom. The average molecular weight is 451 g/mol. The van der Waals surface area contributed by atoms with E-state index in [1.54, 1.807) is 25.1 Å². The van der Waals surface area contributed by atoms with Crippen molar-refractivity contribution in [2.45, 2.75) is 19.9 Å². The molecule has 0 unspecified atom stereocenters. The van der Waals surface area contributed by atoms with Crippen molar-refractivity contribution in [1.82, 2.24) is 15.1 Å². The van der Waals surface area contributed by atoms with E-state index in [2.05, 4.69) is 29.2 Å². The number of methoxy groups -OCH3 is 2. The molecule has 3 aromatic rings. The summed E-state index contributed by atoms with van der Waals surface area (Å²) in [4.78, 5) is 2.21. The largest absolute Gasteiger partial charge is 0.497 e. The summed E-state index contributed by atoms with van der Waals surface area (Å²) in [6.07, 6.45) is 5.49. The maximum Gasteiger partial charge on any atom is 0.124 e. The Labute approximate surface area is 195 Å². The number of nitrogens with one attached hydrogen (secondary N) is 1. The first-order chi connectivity index (χ1) is 15.8. The van der Waals surface area contributed by atoms with E-state index in [1.807, 2.05) is 55.7 Å². The molecule has 3 rings (SSSR count). The van der Waals surface area contributed by atoms with E-state index in [0.29, 0.717) is 17.4 Å². The highest BCUT2D eigenvalue weighted by molar-refractivity contribution is 5.84. The van der Waals surface area contributed by atoms with Gasteiger partial charge < -0.3 is 31.2 Å². The average Bonchev–Trinajstić information content (AvgIpc) is 3.24. The summed E-state index contributed by atoms with van der Waals surface area (Å²) < 4.78 is 12.7. The summed E-state index contributed by atoms with van der Waals surface area (Å²) in [6.45, 7) is 5.79. The molecule has 0 saturated carbocycles. The molecule has 5 N–H and O–H groups in total. The van der Waals surface area contributed by atoms with Crippen molar-refractivity contribution >= 4 is 28.8 Å². The Bertz CT molecular complexity index is 1080. The molecule has 8 heteroatoms. The molecule has 176 valence electrons. The summed E-state index contributed by atoms with van der Waals surface area (Å²) in [6, 6.07) is 12.2. The highest BCUT2D eigenvalue weighted by Gasteiger charge is 2.14. The van der Waals surface area contributed by atoms with Gasteiger partial charge in [0, 0.05) is 84.5 Å². The lowest BCUT2D eigenvalue weighted by atomic mass is 10.1. The van der Waals surface area contributed by atoms with E-state index in [4.69, 9.17) is 20.9 Å². The van der Waals surface area contributed by atoms with Gasteiger partial charge in [0.25, 0.3) is 0 Å². The number of nitrogen functional groups attached to an aromatic ring is 1. The van der Waals surface area contributed by atoms with Crippen LogP contribution in [0.5, 0.6) is 11.5 Å². The van der Waals surface area contributed by atoms with Crippen molar-refractivity contribution in [3.8, 4) is 11.5 Å². The van der Waals surface area contributed by atoms with Crippen LogP contribution in [0.3, 0.4) is 0 Å². The molecule has 1 heterocycles. The molecule has 0 saturated heterocycles. The third-order valence-corrected chi connectivity index (χ3v) is 5.27. The summed E-state index contributed by atoms with van der Waals surface area (Å²) >= 11 is 0. The summed E-state index contributed by atoms with van der Waals surface area (Å²) in [5.74, 6) is 1.45. The molecule has 0 radical (unpaired) electrons. The number of aryl methyl sites for hydroxylation is 1. The van der Waals surface area contributed by atoms with Crippen LogP contribution in [0.2, 0.25) is 0 Å². The van der Waals surface area contributed by atoms with Crippen LogP contribution in [0.15, 0.2) is 48.8 Å². The second-order valence-corrected chi connectivity index (χ2v) is 8.15. The zero-order valence-corrected chi connectivity index (χ0v) is 20.0. The minimum Gasteiger partial charge on any atom is -0.497 e. The second kappa shape index (κ2) is 10.8.